The summed E-state index contributed by atoms with van der Waals surface area (Å²) in [5.74, 6) is 1.98. The molecule has 0 spiro atoms. The molecule has 3 heterocycles. The summed E-state index contributed by atoms with van der Waals surface area (Å²) in [6, 6.07) is 3.80. The van der Waals surface area contributed by atoms with E-state index in [4.69, 9.17) is 11.6 Å². The smallest absolute Gasteiger partial charge is 0.222 e. The molecule has 2 aliphatic rings. The average molecular weight is 337 g/mol. The number of pyridine rings is 1. The molecule has 23 heavy (non-hydrogen) atoms. The summed E-state index contributed by atoms with van der Waals surface area (Å²) in [7, 11) is 0. The van der Waals surface area contributed by atoms with Crippen LogP contribution < -0.4 is 10.2 Å². The van der Waals surface area contributed by atoms with E-state index in [2.05, 4.69) is 15.2 Å². The van der Waals surface area contributed by atoms with Gasteiger partial charge in [-0.3, -0.25) is 4.79 Å². The van der Waals surface area contributed by atoms with Gasteiger partial charge in [-0.05, 0) is 50.4 Å². The predicted molar refractivity (Wildman–Crippen MR) is 92.9 cm³/mol. The van der Waals surface area contributed by atoms with Crippen molar-refractivity contribution in [3.63, 3.8) is 0 Å². The van der Waals surface area contributed by atoms with E-state index < -0.39 is 0 Å². The van der Waals surface area contributed by atoms with Gasteiger partial charge in [0, 0.05) is 38.8 Å². The van der Waals surface area contributed by atoms with E-state index in [1.54, 1.807) is 6.20 Å². The zero-order valence-electron chi connectivity index (χ0n) is 13.5. The highest BCUT2D eigenvalue weighted by Crippen LogP contribution is 2.20. The van der Waals surface area contributed by atoms with E-state index in [1.165, 1.54) is 12.8 Å². The molecule has 5 nitrogen and oxygen atoms in total. The number of carbonyl (C=O) groups is 1. The fourth-order valence-electron chi connectivity index (χ4n) is 3.40. The number of hydrogen-bond acceptors (Lipinski definition) is 4. The molecule has 2 fully saturated rings. The molecule has 0 radical (unpaired) electrons. The predicted octanol–water partition coefficient (Wildman–Crippen LogP) is 2.16. The lowest BCUT2D eigenvalue weighted by atomic mass is 9.93. The lowest BCUT2D eigenvalue weighted by molar-refractivity contribution is -0.131. The molecule has 0 atom stereocenters. The van der Waals surface area contributed by atoms with E-state index in [0.717, 1.165) is 57.4 Å². The molecule has 0 aliphatic carbocycles. The molecule has 0 saturated carbocycles. The van der Waals surface area contributed by atoms with Crippen LogP contribution in [0.2, 0.25) is 5.02 Å². The van der Waals surface area contributed by atoms with Crippen LogP contribution in [0.5, 0.6) is 0 Å². The van der Waals surface area contributed by atoms with Gasteiger partial charge < -0.3 is 15.1 Å². The molecular formula is C17H25ClN4O. The van der Waals surface area contributed by atoms with Gasteiger partial charge in [-0.25, -0.2) is 4.98 Å². The number of piperazine rings is 1. The van der Waals surface area contributed by atoms with Gasteiger partial charge in [-0.15, -0.1) is 0 Å². The highest BCUT2D eigenvalue weighted by molar-refractivity contribution is 6.30. The van der Waals surface area contributed by atoms with Gasteiger partial charge in [-0.1, -0.05) is 11.6 Å². The molecule has 1 aromatic heterocycles. The Hall–Kier alpha value is -1.33. The number of aromatic nitrogens is 1. The van der Waals surface area contributed by atoms with Crippen LogP contribution in [0.15, 0.2) is 18.3 Å². The lowest BCUT2D eigenvalue weighted by Gasteiger charge is -2.35. The minimum absolute atomic E-state index is 0.312. The number of piperidine rings is 1. The third-order valence-corrected chi connectivity index (χ3v) is 5.12. The molecule has 1 N–H and O–H groups in total. The van der Waals surface area contributed by atoms with Crippen LogP contribution in [0.4, 0.5) is 5.82 Å². The third kappa shape index (κ3) is 4.58. The Morgan fingerprint density at radius 3 is 2.61 bits per heavy atom. The van der Waals surface area contributed by atoms with Crippen molar-refractivity contribution in [1.82, 2.24) is 15.2 Å². The number of nitrogens with zero attached hydrogens (tertiary/aromatic N) is 3. The van der Waals surface area contributed by atoms with Crippen molar-refractivity contribution >= 4 is 23.3 Å². The standard InChI is InChI=1S/C17H25ClN4O/c18-15-2-3-16(20-13-15)21-9-11-22(12-10-21)17(23)4-1-14-5-7-19-8-6-14/h2-3,13-14,19H,1,4-12H2. The van der Waals surface area contributed by atoms with Crippen LogP contribution >= 0.6 is 11.6 Å². The van der Waals surface area contributed by atoms with Gasteiger partial charge >= 0.3 is 0 Å². The van der Waals surface area contributed by atoms with E-state index in [9.17, 15) is 4.79 Å². The van der Waals surface area contributed by atoms with Gasteiger partial charge in [-0.2, -0.15) is 0 Å². The maximum absolute atomic E-state index is 12.4. The first-order valence-corrected chi connectivity index (χ1v) is 8.95. The molecule has 1 amide bonds. The number of carbonyl (C=O) groups excluding carboxylic acids is 1. The van der Waals surface area contributed by atoms with E-state index in [-0.39, 0.29) is 0 Å². The number of halogens is 1. The summed E-state index contributed by atoms with van der Waals surface area (Å²) < 4.78 is 0. The third-order valence-electron chi connectivity index (χ3n) is 4.89. The monoisotopic (exact) mass is 336 g/mol. The molecule has 6 heteroatoms. The van der Waals surface area contributed by atoms with E-state index >= 15 is 0 Å². The Morgan fingerprint density at radius 2 is 1.96 bits per heavy atom. The van der Waals surface area contributed by atoms with Crippen molar-refractivity contribution in [2.75, 3.05) is 44.2 Å². The quantitative estimate of drug-likeness (QED) is 0.915. The summed E-state index contributed by atoms with van der Waals surface area (Å²) in [5.41, 5.74) is 0. The molecule has 3 rings (SSSR count). The maximum atomic E-state index is 12.4. The second-order valence-electron chi connectivity index (χ2n) is 6.43. The van der Waals surface area contributed by atoms with Gasteiger partial charge in [0.2, 0.25) is 5.91 Å². The van der Waals surface area contributed by atoms with Crippen LogP contribution in [0.3, 0.4) is 0 Å². The fraction of sp³-hybridized carbons (Fsp3) is 0.647. The second-order valence-corrected chi connectivity index (χ2v) is 6.87. The van der Waals surface area contributed by atoms with Crippen molar-refractivity contribution in [3.8, 4) is 0 Å². The molecular weight excluding hydrogens is 312 g/mol. The number of amides is 1. The van der Waals surface area contributed by atoms with Crippen LogP contribution in [-0.4, -0.2) is 55.1 Å². The summed E-state index contributed by atoms with van der Waals surface area (Å²) in [6.45, 7) is 5.46. The number of rotatable bonds is 4. The largest absolute Gasteiger partial charge is 0.353 e. The van der Waals surface area contributed by atoms with Crippen LogP contribution in [0.1, 0.15) is 25.7 Å². The Kier molecular flexibility index (Phi) is 5.73. The Bertz CT molecular complexity index is 508. The highest BCUT2D eigenvalue weighted by atomic mass is 35.5. The summed E-state index contributed by atoms with van der Waals surface area (Å²) in [6.07, 6.45) is 5.84. The van der Waals surface area contributed by atoms with Crippen LogP contribution in [0, 0.1) is 5.92 Å². The van der Waals surface area contributed by atoms with Gasteiger partial charge in [0.15, 0.2) is 0 Å². The SMILES string of the molecule is O=C(CCC1CCNCC1)N1CCN(c2ccc(Cl)cn2)CC1. The van der Waals surface area contributed by atoms with Gasteiger partial charge in [0.1, 0.15) is 5.82 Å². The van der Waals surface area contributed by atoms with Gasteiger partial charge in [0.25, 0.3) is 0 Å². The zero-order valence-corrected chi connectivity index (χ0v) is 14.3. The van der Waals surface area contributed by atoms with Crippen molar-refractivity contribution in [3.05, 3.63) is 23.4 Å². The first-order chi connectivity index (χ1) is 11.2. The normalized spacial score (nSPS) is 19.9. The van der Waals surface area contributed by atoms with Crippen molar-refractivity contribution < 1.29 is 4.79 Å². The second kappa shape index (κ2) is 7.97. The summed E-state index contributed by atoms with van der Waals surface area (Å²) in [4.78, 5) is 21.0. The minimum atomic E-state index is 0.312. The summed E-state index contributed by atoms with van der Waals surface area (Å²) >= 11 is 5.88. The first-order valence-electron chi connectivity index (χ1n) is 8.57. The van der Waals surface area contributed by atoms with Crippen molar-refractivity contribution in [2.24, 2.45) is 5.92 Å². The number of nitrogens with one attached hydrogen (secondary N) is 1. The minimum Gasteiger partial charge on any atom is -0.353 e. The van der Waals surface area contributed by atoms with Crippen LogP contribution in [0.25, 0.3) is 0 Å². The Morgan fingerprint density at radius 1 is 1.22 bits per heavy atom. The number of hydrogen-bond donors (Lipinski definition) is 1. The topological polar surface area (TPSA) is 48.5 Å². The van der Waals surface area contributed by atoms with E-state index in [0.29, 0.717) is 17.4 Å². The van der Waals surface area contributed by atoms with Crippen LogP contribution in [-0.2, 0) is 4.79 Å². The average Bonchev–Trinajstić information content (AvgIpc) is 2.61. The van der Waals surface area contributed by atoms with Crippen molar-refractivity contribution in [2.45, 2.75) is 25.7 Å². The first kappa shape index (κ1) is 16.5. The molecule has 0 unspecified atom stereocenters. The highest BCUT2D eigenvalue weighted by Gasteiger charge is 2.23. The molecule has 2 aliphatic heterocycles. The Labute approximate surface area is 143 Å². The lowest BCUT2D eigenvalue weighted by Crippen LogP contribution is -2.49. The zero-order chi connectivity index (χ0) is 16.1. The molecule has 0 aromatic carbocycles. The maximum Gasteiger partial charge on any atom is 0.222 e. The fourth-order valence-corrected chi connectivity index (χ4v) is 3.51. The molecule has 126 valence electrons. The molecule has 1 aromatic rings. The summed E-state index contributed by atoms with van der Waals surface area (Å²) in [5, 5.41) is 4.03. The van der Waals surface area contributed by atoms with Gasteiger partial charge in [0.05, 0.1) is 5.02 Å². The molecule has 2 saturated heterocycles. The van der Waals surface area contributed by atoms with E-state index in [1.807, 2.05) is 17.0 Å². The molecule has 0 bridgehead atoms. The number of anilines is 1. The Balaban J connectivity index is 1.42. The van der Waals surface area contributed by atoms with Crippen molar-refractivity contribution in [1.29, 1.82) is 0 Å².